The van der Waals surface area contributed by atoms with E-state index in [1.165, 1.54) is 12.1 Å². The third-order valence-corrected chi connectivity index (χ3v) is 4.69. The molecule has 1 saturated heterocycles. The number of amides is 2. The second-order valence-corrected chi connectivity index (χ2v) is 6.55. The molecule has 2 aromatic carbocycles. The van der Waals surface area contributed by atoms with Crippen molar-refractivity contribution in [2.75, 3.05) is 11.4 Å². The van der Waals surface area contributed by atoms with Crippen LogP contribution in [0.1, 0.15) is 24.9 Å². The van der Waals surface area contributed by atoms with Gasteiger partial charge in [-0.05, 0) is 36.8 Å². The fourth-order valence-electron chi connectivity index (χ4n) is 2.95. The van der Waals surface area contributed by atoms with Gasteiger partial charge in [-0.15, -0.1) is 0 Å². The molecule has 6 heteroatoms. The number of nitrogens with one attached hydrogen (secondary N) is 1. The first-order valence-corrected chi connectivity index (χ1v) is 8.44. The summed E-state index contributed by atoms with van der Waals surface area (Å²) >= 11 is 6.15. The summed E-state index contributed by atoms with van der Waals surface area (Å²) < 4.78 is 13.0. The number of halogens is 2. The molecule has 0 radical (unpaired) electrons. The van der Waals surface area contributed by atoms with Crippen molar-refractivity contribution < 1.29 is 14.0 Å². The Hall–Kier alpha value is -2.40. The molecule has 0 spiro atoms. The SMILES string of the molecule is CC(NC(=O)C1CC(=O)N(c2ccccc2Cl)C1)c1ccc(F)cc1. The van der Waals surface area contributed by atoms with Crippen LogP contribution >= 0.6 is 11.6 Å². The molecule has 25 heavy (non-hydrogen) atoms. The maximum atomic E-state index is 13.0. The highest BCUT2D eigenvalue weighted by atomic mass is 35.5. The van der Waals surface area contributed by atoms with Crippen LogP contribution in [0.15, 0.2) is 48.5 Å². The van der Waals surface area contributed by atoms with Gasteiger partial charge in [-0.3, -0.25) is 9.59 Å². The standard InChI is InChI=1S/C19H18ClFN2O2/c1-12(13-6-8-15(21)9-7-13)22-19(25)14-10-18(24)23(11-14)17-5-3-2-4-16(17)20/h2-9,12,14H,10-11H2,1H3,(H,22,25). The smallest absolute Gasteiger partial charge is 0.227 e. The molecule has 1 aliphatic rings. The predicted molar refractivity (Wildman–Crippen MR) is 94.9 cm³/mol. The Balaban J connectivity index is 1.66. The largest absolute Gasteiger partial charge is 0.349 e. The molecule has 3 rings (SSSR count). The van der Waals surface area contributed by atoms with Crippen LogP contribution in [-0.4, -0.2) is 18.4 Å². The molecule has 1 N–H and O–H groups in total. The summed E-state index contributed by atoms with van der Waals surface area (Å²) in [6.07, 6.45) is 0.146. The van der Waals surface area contributed by atoms with Crippen LogP contribution in [0.3, 0.4) is 0 Å². The van der Waals surface area contributed by atoms with Crippen molar-refractivity contribution in [3.05, 3.63) is 64.9 Å². The Bertz CT molecular complexity index is 794. The van der Waals surface area contributed by atoms with E-state index in [0.717, 1.165) is 5.56 Å². The molecule has 0 aliphatic carbocycles. The van der Waals surface area contributed by atoms with Gasteiger partial charge in [-0.2, -0.15) is 0 Å². The predicted octanol–water partition coefficient (Wildman–Crippen LogP) is 3.71. The van der Waals surface area contributed by atoms with Gasteiger partial charge in [0.25, 0.3) is 0 Å². The van der Waals surface area contributed by atoms with Gasteiger partial charge in [0.2, 0.25) is 11.8 Å². The van der Waals surface area contributed by atoms with Gasteiger partial charge < -0.3 is 10.2 Å². The lowest BCUT2D eigenvalue weighted by atomic mass is 10.0. The van der Waals surface area contributed by atoms with E-state index >= 15 is 0 Å². The highest BCUT2D eigenvalue weighted by molar-refractivity contribution is 6.33. The lowest BCUT2D eigenvalue weighted by Gasteiger charge is -2.19. The van der Waals surface area contributed by atoms with Gasteiger partial charge in [0, 0.05) is 13.0 Å². The average molecular weight is 361 g/mol. The quantitative estimate of drug-likeness (QED) is 0.903. The van der Waals surface area contributed by atoms with E-state index in [1.807, 2.05) is 6.92 Å². The zero-order valence-electron chi connectivity index (χ0n) is 13.7. The van der Waals surface area contributed by atoms with Crippen molar-refractivity contribution in [2.45, 2.75) is 19.4 Å². The molecule has 0 bridgehead atoms. The Morgan fingerprint density at radius 2 is 1.92 bits per heavy atom. The summed E-state index contributed by atoms with van der Waals surface area (Å²) in [5.41, 5.74) is 1.43. The lowest BCUT2D eigenvalue weighted by Crippen LogP contribution is -2.34. The van der Waals surface area contributed by atoms with Crippen molar-refractivity contribution in [2.24, 2.45) is 5.92 Å². The van der Waals surface area contributed by atoms with E-state index in [1.54, 1.807) is 41.3 Å². The third kappa shape index (κ3) is 3.82. The van der Waals surface area contributed by atoms with Gasteiger partial charge in [0.15, 0.2) is 0 Å². The first kappa shape index (κ1) is 17.4. The van der Waals surface area contributed by atoms with Crippen molar-refractivity contribution in [3.8, 4) is 0 Å². The number of nitrogens with zero attached hydrogens (tertiary/aromatic N) is 1. The minimum atomic E-state index is -0.438. The van der Waals surface area contributed by atoms with Gasteiger partial charge in [-0.1, -0.05) is 35.9 Å². The van der Waals surface area contributed by atoms with E-state index in [0.29, 0.717) is 17.3 Å². The van der Waals surface area contributed by atoms with Crippen LogP contribution < -0.4 is 10.2 Å². The summed E-state index contributed by atoms with van der Waals surface area (Å²) in [4.78, 5) is 26.3. The second kappa shape index (κ2) is 7.23. The summed E-state index contributed by atoms with van der Waals surface area (Å²) in [5.74, 6) is -1.08. The number of carbonyl (C=O) groups is 2. The van der Waals surface area contributed by atoms with E-state index in [4.69, 9.17) is 11.6 Å². The normalized spacial score (nSPS) is 18.3. The molecule has 4 nitrogen and oxygen atoms in total. The number of benzene rings is 2. The molecule has 2 atom stereocenters. The molecule has 2 amide bonds. The van der Waals surface area contributed by atoms with Crippen LogP contribution in [0.2, 0.25) is 5.02 Å². The molecular formula is C19H18ClFN2O2. The van der Waals surface area contributed by atoms with Gasteiger partial charge in [0.1, 0.15) is 5.82 Å². The molecular weight excluding hydrogens is 343 g/mol. The molecule has 1 heterocycles. The average Bonchev–Trinajstić information content (AvgIpc) is 2.97. The zero-order chi connectivity index (χ0) is 18.0. The number of anilines is 1. The van der Waals surface area contributed by atoms with Crippen LogP contribution in [0.5, 0.6) is 0 Å². The number of carbonyl (C=O) groups excluding carboxylic acids is 2. The second-order valence-electron chi connectivity index (χ2n) is 6.14. The van der Waals surface area contributed by atoms with Gasteiger partial charge in [0.05, 0.1) is 22.7 Å². The lowest BCUT2D eigenvalue weighted by molar-refractivity contribution is -0.126. The van der Waals surface area contributed by atoms with Crippen LogP contribution in [0, 0.1) is 11.7 Å². The van der Waals surface area contributed by atoms with Crippen molar-refractivity contribution in [1.82, 2.24) is 5.32 Å². The van der Waals surface area contributed by atoms with Gasteiger partial charge in [-0.25, -0.2) is 4.39 Å². The fourth-order valence-corrected chi connectivity index (χ4v) is 3.19. The monoisotopic (exact) mass is 360 g/mol. The van der Waals surface area contributed by atoms with Crippen LogP contribution in [0.25, 0.3) is 0 Å². The maximum absolute atomic E-state index is 13.0. The zero-order valence-corrected chi connectivity index (χ0v) is 14.5. The van der Waals surface area contributed by atoms with E-state index in [-0.39, 0.29) is 30.1 Å². The highest BCUT2D eigenvalue weighted by Crippen LogP contribution is 2.31. The highest BCUT2D eigenvalue weighted by Gasteiger charge is 2.36. The Labute approximate surface area is 150 Å². The topological polar surface area (TPSA) is 49.4 Å². The first-order valence-electron chi connectivity index (χ1n) is 8.06. The number of para-hydroxylation sites is 1. The molecule has 130 valence electrons. The van der Waals surface area contributed by atoms with E-state index in [2.05, 4.69) is 5.32 Å². The van der Waals surface area contributed by atoms with E-state index in [9.17, 15) is 14.0 Å². The fraction of sp³-hybridized carbons (Fsp3) is 0.263. The van der Waals surface area contributed by atoms with Crippen LogP contribution in [0.4, 0.5) is 10.1 Å². The first-order chi connectivity index (χ1) is 12.0. The maximum Gasteiger partial charge on any atom is 0.227 e. The molecule has 1 aliphatic heterocycles. The Morgan fingerprint density at radius 3 is 2.60 bits per heavy atom. The molecule has 2 unspecified atom stereocenters. The van der Waals surface area contributed by atoms with Crippen LogP contribution in [-0.2, 0) is 9.59 Å². The van der Waals surface area contributed by atoms with Gasteiger partial charge >= 0.3 is 0 Å². The Kier molecular flexibility index (Phi) is 5.04. The van der Waals surface area contributed by atoms with E-state index < -0.39 is 5.92 Å². The summed E-state index contributed by atoms with van der Waals surface area (Å²) in [6.45, 7) is 2.12. The van der Waals surface area contributed by atoms with Crippen molar-refractivity contribution in [3.63, 3.8) is 0 Å². The number of rotatable bonds is 4. The molecule has 0 saturated carbocycles. The summed E-state index contributed by atoms with van der Waals surface area (Å²) in [5, 5.41) is 3.37. The Morgan fingerprint density at radius 1 is 1.24 bits per heavy atom. The summed E-state index contributed by atoms with van der Waals surface area (Å²) in [6, 6.07) is 12.8. The minimum Gasteiger partial charge on any atom is -0.349 e. The summed E-state index contributed by atoms with van der Waals surface area (Å²) in [7, 11) is 0. The number of hydrogen-bond acceptors (Lipinski definition) is 2. The van der Waals surface area contributed by atoms with Crippen molar-refractivity contribution in [1.29, 1.82) is 0 Å². The minimum absolute atomic E-state index is 0.123. The number of hydrogen-bond donors (Lipinski definition) is 1. The molecule has 2 aromatic rings. The third-order valence-electron chi connectivity index (χ3n) is 4.37. The van der Waals surface area contributed by atoms with Crippen molar-refractivity contribution >= 4 is 29.1 Å². The molecule has 0 aromatic heterocycles. The molecule has 1 fully saturated rings.